The second kappa shape index (κ2) is 6.55. The van der Waals surface area contributed by atoms with Crippen LogP contribution >= 0.6 is 0 Å². The summed E-state index contributed by atoms with van der Waals surface area (Å²) in [4.78, 5) is 2.43. The van der Waals surface area contributed by atoms with E-state index in [2.05, 4.69) is 17.1 Å². The fourth-order valence-electron chi connectivity index (χ4n) is 2.99. The van der Waals surface area contributed by atoms with Crippen molar-refractivity contribution < 1.29 is 8.42 Å². The van der Waals surface area contributed by atoms with E-state index >= 15 is 0 Å². The Hall–Kier alpha value is -0.130. The first-order chi connectivity index (χ1) is 9.05. The van der Waals surface area contributed by atoms with Gasteiger partial charge in [-0.3, -0.25) is 4.90 Å². The van der Waals surface area contributed by atoms with Gasteiger partial charge in [-0.2, -0.15) is 0 Å². The summed E-state index contributed by atoms with van der Waals surface area (Å²) in [6, 6.07) is 1.12. The highest BCUT2D eigenvalue weighted by molar-refractivity contribution is 7.91. The molecule has 0 bridgehead atoms. The van der Waals surface area contributed by atoms with Gasteiger partial charge in [0, 0.05) is 37.5 Å². The van der Waals surface area contributed by atoms with E-state index in [-0.39, 0.29) is 5.75 Å². The van der Waals surface area contributed by atoms with Crippen molar-refractivity contribution in [1.82, 2.24) is 10.2 Å². The van der Waals surface area contributed by atoms with Crippen molar-refractivity contribution in [2.75, 3.05) is 31.1 Å². The summed E-state index contributed by atoms with van der Waals surface area (Å²) >= 11 is 0. The maximum atomic E-state index is 11.7. The van der Waals surface area contributed by atoms with Crippen molar-refractivity contribution >= 4 is 9.84 Å². The van der Waals surface area contributed by atoms with Crippen LogP contribution in [0.5, 0.6) is 0 Å². The molecule has 0 aromatic rings. The molecule has 1 aliphatic heterocycles. The molecule has 0 aromatic heterocycles. The van der Waals surface area contributed by atoms with Crippen LogP contribution in [0.2, 0.25) is 0 Å². The predicted molar refractivity (Wildman–Crippen MR) is 79.1 cm³/mol. The quantitative estimate of drug-likeness (QED) is 0.766. The first kappa shape index (κ1) is 15.3. The van der Waals surface area contributed by atoms with E-state index < -0.39 is 9.84 Å². The lowest BCUT2D eigenvalue weighted by Crippen LogP contribution is -2.58. The second-order valence-corrected chi connectivity index (χ2v) is 8.50. The van der Waals surface area contributed by atoms with Gasteiger partial charge in [-0.05, 0) is 25.2 Å². The zero-order chi connectivity index (χ0) is 13.9. The normalized spacial score (nSPS) is 29.6. The van der Waals surface area contributed by atoms with Crippen molar-refractivity contribution in [3.05, 3.63) is 0 Å². The molecule has 2 fully saturated rings. The van der Waals surface area contributed by atoms with Crippen LogP contribution in [0.25, 0.3) is 0 Å². The molecule has 1 N–H and O–H groups in total. The largest absolute Gasteiger partial charge is 0.311 e. The number of sulfone groups is 1. The van der Waals surface area contributed by atoms with Crippen molar-refractivity contribution in [2.45, 2.75) is 51.6 Å². The molecule has 0 amide bonds. The molecule has 1 aliphatic carbocycles. The Morgan fingerprint density at radius 1 is 1.26 bits per heavy atom. The average molecular weight is 288 g/mol. The second-order valence-electron chi connectivity index (χ2n) is 6.03. The van der Waals surface area contributed by atoms with Crippen LogP contribution < -0.4 is 5.32 Å². The number of hydrogen-bond acceptors (Lipinski definition) is 4. The Kier molecular flexibility index (Phi) is 5.26. The lowest BCUT2D eigenvalue weighted by atomic mass is 10.0. The van der Waals surface area contributed by atoms with Crippen LogP contribution in [0.3, 0.4) is 0 Å². The average Bonchev–Trinajstić information content (AvgIpc) is 3.22. The molecule has 0 aromatic carbocycles. The molecule has 1 heterocycles. The highest BCUT2D eigenvalue weighted by Gasteiger charge is 2.36. The fraction of sp³-hybridized carbons (Fsp3) is 1.00. The minimum Gasteiger partial charge on any atom is -0.311 e. The van der Waals surface area contributed by atoms with Crippen molar-refractivity contribution in [3.8, 4) is 0 Å². The molecular formula is C14H28N2O2S. The number of piperazine rings is 1. The van der Waals surface area contributed by atoms with Gasteiger partial charge in [0.05, 0.1) is 5.75 Å². The molecule has 112 valence electrons. The van der Waals surface area contributed by atoms with Crippen LogP contribution in [-0.2, 0) is 9.84 Å². The highest BCUT2D eigenvalue weighted by Crippen LogP contribution is 2.34. The third kappa shape index (κ3) is 4.43. The molecule has 2 rings (SSSR count). The molecule has 1 saturated carbocycles. The Morgan fingerprint density at radius 2 is 2.00 bits per heavy atom. The summed E-state index contributed by atoms with van der Waals surface area (Å²) < 4.78 is 23.4. The summed E-state index contributed by atoms with van der Waals surface area (Å²) in [5.74, 6) is 1.43. The van der Waals surface area contributed by atoms with E-state index in [1.807, 2.05) is 0 Å². The van der Waals surface area contributed by atoms with E-state index in [1.165, 1.54) is 12.8 Å². The number of hydrogen-bond donors (Lipinski definition) is 1. The molecule has 2 aliphatic rings. The zero-order valence-electron chi connectivity index (χ0n) is 12.3. The Balaban J connectivity index is 1.90. The topological polar surface area (TPSA) is 49.4 Å². The summed E-state index contributed by atoms with van der Waals surface area (Å²) in [6.45, 7) is 6.72. The lowest BCUT2D eigenvalue weighted by molar-refractivity contribution is 0.122. The minimum absolute atomic E-state index is 0.267. The molecule has 0 spiro atoms. The highest BCUT2D eigenvalue weighted by atomic mass is 32.2. The third-order valence-electron chi connectivity index (χ3n) is 4.51. The zero-order valence-corrected chi connectivity index (χ0v) is 13.1. The maximum absolute atomic E-state index is 11.7. The van der Waals surface area contributed by atoms with Gasteiger partial charge in [-0.25, -0.2) is 8.42 Å². The van der Waals surface area contributed by atoms with Gasteiger partial charge in [0.25, 0.3) is 0 Å². The van der Waals surface area contributed by atoms with Gasteiger partial charge in [-0.15, -0.1) is 0 Å². The van der Waals surface area contributed by atoms with Crippen molar-refractivity contribution in [3.63, 3.8) is 0 Å². The van der Waals surface area contributed by atoms with E-state index in [1.54, 1.807) is 6.92 Å². The number of nitrogens with zero attached hydrogens (tertiary/aromatic N) is 1. The SMILES string of the molecule is CCCC1CNC(C2CC2)CN1CCS(=O)(=O)CC. The Labute approximate surface area is 117 Å². The molecule has 2 unspecified atom stereocenters. The van der Waals surface area contributed by atoms with E-state index in [9.17, 15) is 8.42 Å². The Bertz CT molecular complexity index is 379. The van der Waals surface area contributed by atoms with E-state index in [4.69, 9.17) is 0 Å². The summed E-state index contributed by atoms with van der Waals surface area (Å²) in [5.41, 5.74) is 0. The smallest absolute Gasteiger partial charge is 0.151 e. The van der Waals surface area contributed by atoms with Gasteiger partial charge in [0.2, 0.25) is 0 Å². The number of rotatable bonds is 7. The number of nitrogens with one attached hydrogen (secondary N) is 1. The molecule has 2 atom stereocenters. The first-order valence-electron chi connectivity index (χ1n) is 7.73. The van der Waals surface area contributed by atoms with Crippen LogP contribution in [0.1, 0.15) is 39.5 Å². The standard InChI is InChI=1S/C14H28N2O2S/c1-3-5-13-10-15-14(12-6-7-12)11-16(13)8-9-19(17,18)4-2/h12-15H,3-11H2,1-2H3. The maximum Gasteiger partial charge on any atom is 0.151 e. The van der Waals surface area contributed by atoms with Gasteiger partial charge in [-0.1, -0.05) is 20.3 Å². The molecule has 1 saturated heterocycles. The van der Waals surface area contributed by atoms with E-state index in [0.717, 1.165) is 31.8 Å². The predicted octanol–water partition coefficient (Wildman–Crippen LogP) is 1.27. The van der Waals surface area contributed by atoms with Crippen molar-refractivity contribution in [1.29, 1.82) is 0 Å². The lowest BCUT2D eigenvalue weighted by Gasteiger charge is -2.40. The molecule has 0 radical (unpaired) electrons. The Morgan fingerprint density at radius 3 is 2.58 bits per heavy atom. The van der Waals surface area contributed by atoms with Gasteiger partial charge in [0.15, 0.2) is 9.84 Å². The van der Waals surface area contributed by atoms with Gasteiger partial charge < -0.3 is 5.32 Å². The molecule has 5 heteroatoms. The van der Waals surface area contributed by atoms with Crippen LogP contribution in [-0.4, -0.2) is 56.5 Å². The summed E-state index contributed by atoms with van der Waals surface area (Å²) in [5, 5.41) is 3.67. The van der Waals surface area contributed by atoms with Gasteiger partial charge >= 0.3 is 0 Å². The van der Waals surface area contributed by atoms with Crippen molar-refractivity contribution in [2.24, 2.45) is 5.92 Å². The van der Waals surface area contributed by atoms with E-state index in [0.29, 0.717) is 24.4 Å². The molecule has 19 heavy (non-hydrogen) atoms. The molecular weight excluding hydrogens is 260 g/mol. The molecule has 4 nitrogen and oxygen atoms in total. The monoisotopic (exact) mass is 288 g/mol. The fourth-order valence-corrected chi connectivity index (χ4v) is 3.79. The van der Waals surface area contributed by atoms with Crippen LogP contribution in [0.4, 0.5) is 0 Å². The summed E-state index contributed by atoms with van der Waals surface area (Å²) in [7, 11) is -2.84. The van der Waals surface area contributed by atoms with Crippen LogP contribution in [0.15, 0.2) is 0 Å². The van der Waals surface area contributed by atoms with Gasteiger partial charge in [0.1, 0.15) is 0 Å². The first-order valence-corrected chi connectivity index (χ1v) is 9.55. The van der Waals surface area contributed by atoms with Crippen LogP contribution in [0, 0.1) is 5.92 Å². The third-order valence-corrected chi connectivity index (χ3v) is 6.19. The minimum atomic E-state index is -2.84. The summed E-state index contributed by atoms with van der Waals surface area (Å²) in [6.07, 6.45) is 5.02.